The average Bonchev–Trinajstić information content (AvgIpc) is 3.24. The van der Waals surface area contributed by atoms with Gasteiger partial charge in [0.2, 0.25) is 0 Å². The molecule has 0 radical (unpaired) electrons. The van der Waals surface area contributed by atoms with Crippen LogP contribution in [0.4, 0.5) is 9.18 Å². The molecule has 0 aliphatic heterocycles. The van der Waals surface area contributed by atoms with Gasteiger partial charge in [0.1, 0.15) is 5.82 Å². The van der Waals surface area contributed by atoms with Gasteiger partial charge in [0.05, 0.1) is 11.7 Å². The first-order valence-electron chi connectivity index (χ1n) is 8.21. The number of carbonyl (C=O) groups is 1. The average molecular weight is 330 g/mol. The molecule has 1 aliphatic carbocycles. The van der Waals surface area contributed by atoms with Gasteiger partial charge in [-0.25, -0.2) is 9.18 Å². The number of amides is 2. The highest BCUT2D eigenvalue weighted by Gasteiger charge is 2.46. The van der Waals surface area contributed by atoms with E-state index in [4.69, 9.17) is 0 Å². The minimum absolute atomic E-state index is 0.137. The Hall–Kier alpha value is -2.37. The van der Waals surface area contributed by atoms with Crippen LogP contribution < -0.4 is 10.6 Å². The van der Waals surface area contributed by atoms with Gasteiger partial charge < -0.3 is 10.6 Å². The summed E-state index contributed by atoms with van der Waals surface area (Å²) in [7, 11) is 1.86. The molecule has 24 heavy (non-hydrogen) atoms. The summed E-state index contributed by atoms with van der Waals surface area (Å²) in [6, 6.07) is 6.43. The Bertz CT molecular complexity index is 751. The van der Waals surface area contributed by atoms with Crippen LogP contribution in [-0.2, 0) is 12.5 Å². The van der Waals surface area contributed by atoms with Crippen LogP contribution in [0.3, 0.4) is 0 Å². The number of benzene rings is 1. The van der Waals surface area contributed by atoms with Gasteiger partial charge in [0, 0.05) is 30.8 Å². The zero-order chi connectivity index (χ0) is 17.3. The fourth-order valence-corrected chi connectivity index (χ4v) is 3.20. The lowest BCUT2D eigenvalue weighted by Gasteiger charge is -2.19. The van der Waals surface area contributed by atoms with E-state index >= 15 is 0 Å². The number of hydrogen-bond acceptors (Lipinski definition) is 2. The number of carbonyl (C=O) groups excluding carboxylic acids is 1. The first-order chi connectivity index (χ1) is 11.4. The number of halogens is 1. The van der Waals surface area contributed by atoms with Crippen molar-refractivity contribution in [1.82, 2.24) is 20.4 Å². The van der Waals surface area contributed by atoms with Gasteiger partial charge in [-0.1, -0.05) is 18.2 Å². The number of urea groups is 1. The molecule has 1 saturated carbocycles. The summed E-state index contributed by atoms with van der Waals surface area (Å²) in [5, 5.41) is 10.1. The van der Waals surface area contributed by atoms with Crippen LogP contribution in [-0.4, -0.2) is 22.4 Å². The van der Waals surface area contributed by atoms with Crippen molar-refractivity contribution in [1.29, 1.82) is 0 Å². The second-order valence-electron chi connectivity index (χ2n) is 6.65. The molecule has 6 heteroatoms. The molecule has 0 spiro atoms. The van der Waals surface area contributed by atoms with Gasteiger partial charge in [0.25, 0.3) is 0 Å². The fourth-order valence-electron chi connectivity index (χ4n) is 3.20. The van der Waals surface area contributed by atoms with Crippen molar-refractivity contribution >= 4 is 6.03 Å². The molecule has 0 bridgehead atoms. The van der Waals surface area contributed by atoms with Gasteiger partial charge in [0.15, 0.2) is 0 Å². The summed E-state index contributed by atoms with van der Waals surface area (Å²) in [5.41, 5.74) is 2.33. The van der Waals surface area contributed by atoms with E-state index in [1.54, 1.807) is 10.7 Å². The minimum Gasteiger partial charge on any atom is -0.337 e. The maximum atomic E-state index is 14.0. The van der Waals surface area contributed by atoms with Crippen LogP contribution in [0.1, 0.15) is 42.6 Å². The molecule has 2 amide bonds. The standard InChI is InChI=1S/C18H23FN4O/c1-12(14-10-23(3)22-13(14)2)21-17(24)20-11-18(8-9-18)15-6-4-5-7-16(15)19/h4-7,10,12H,8-9,11H2,1-3H3,(H2,20,21,24). The van der Waals surface area contributed by atoms with Crippen molar-refractivity contribution < 1.29 is 9.18 Å². The molecule has 5 nitrogen and oxygen atoms in total. The molecule has 1 atom stereocenters. The van der Waals surface area contributed by atoms with E-state index in [-0.39, 0.29) is 23.3 Å². The normalized spacial score (nSPS) is 16.5. The van der Waals surface area contributed by atoms with Crippen molar-refractivity contribution in [3.63, 3.8) is 0 Å². The Morgan fingerprint density at radius 2 is 2.12 bits per heavy atom. The van der Waals surface area contributed by atoms with Crippen LogP contribution in [0.15, 0.2) is 30.5 Å². The van der Waals surface area contributed by atoms with Gasteiger partial charge in [-0.3, -0.25) is 4.68 Å². The molecule has 3 rings (SSSR count). The first kappa shape index (κ1) is 16.5. The molecule has 1 unspecified atom stereocenters. The first-order valence-corrected chi connectivity index (χ1v) is 8.21. The largest absolute Gasteiger partial charge is 0.337 e. The second-order valence-corrected chi connectivity index (χ2v) is 6.65. The Balaban J connectivity index is 1.58. The Morgan fingerprint density at radius 3 is 2.71 bits per heavy atom. The van der Waals surface area contributed by atoms with E-state index in [9.17, 15) is 9.18 Å². The summed E-state index contributed by atoms with van der Waals surface area (Å²) >= 11 is 0. The molecular formula is C18H23FN4O. The molecule has 1 aliphatic rings. The molecule has 1 fully saturated rings. The molecule has 1 aromatic heterocycles. The lowest BCUT2D eigenvalue weighted by molar-refractivity contribution is 0.236. The Morgan fingerprint density at radius 1 is 1.42 bits per heavy atom. The molecule has 2 N–H and O–H groups in total. The zero-order valence-corrected chi connectivity index (χ0v) is 14.3. The van der Waals surface area contributed by atoms with Gasteiger partial charge >= 0.3 is 6.03 Å². The summed E-state index contributed by atoms with van der Waals surface area (Å²) < 4.78 is 15.7. The summed E-state index contributed by atoms with van der Waals surface area (Å²) in [6.07, 6.45) is 3.69. The maximum Gasteiger partial charge on any atom is 0.315 e. The van der Waals surface area contributed by atoms with E-state index in [0.717, 1.165) is 24.1 Å². The molecule has 0 saturated heterocycles. The monoisotopic (exact) mass is 330 g/mol. The zero-order valence-electron chi connectivity index (χ0n) is 14.3. The second kappa shape index (κ2) is 6.26. The van der Waals surface area contributed by atoms with Gasteiger partial charge in [-0.05, 0) is 38.3 Å². The molecule has 128 valence electrons. The smallest absolute Gasteiger partial charge is 0.315 e. The summed E-state index contributed by atoms with van der Waals surface area (Å²) in [4.78, 5) is 12.2. The number of aromatic nitrogens is 2. The fraction of sp³-hybridized carbons (Fsp3) is 0.444. The highest BCUT2D eigenvalue weighted by Crippen LogP contribution is 2.48. The number of rotatable bonds is 5. The van der Waals surface area contributed by atoms with Crippen molar-refractivity contribution in [2.45, 2.75) is 38.1 Å². The Labute approximate surface area is 141 Å². The van der Waals surface area contributed by atoms with Gasteiger partial charge in [-0.15, -0.1) is 0 Å². The van der Waals surface area contributed by atoms with Crippen molar-refractivity contribution in [3.05, 3.63) is 53.1 Å². The Kier molecular flexibility index (Phi) is 4.30. The van der Waals surface area contributed by atoms with Crippen LogP contribution in [0.5, 0.6) is 0 Å². The molecule has 2 aromatic rings. The topological polar surface area (TPSA) is 59.0 Å². The van der Waals surface area contributed by atoms with E-state index in [0.29, 0.717) is 12.1 Å². The van der Waals surface area contributed by atoms with Crippen LogP contribution in [0.2, 0.25) is 0 Å². The number of aryl methyl sites for hydroxylation is 2. The summed E-state index contributed by atoms with van der Waals surface area (Å²) in [6.45, 7) is 4.29. The van der Waals surface area contributed by atoms with E-state index < -0.39 is 0 Å². The number of nitrogens with one attached hydrogen (secondary N) is 2. The van der Waals surface area contributed by atoms with Crippen LogP contribution in [0.25, 0.3) is 0 Å². The lowest BCUT2D eigenvalue weighted by Crippen LogP contribution is -2.41. The SMILES string of the molecule is Cc1nn(C)cc1C(C)NC(=O)NCC1(c2ccccc2F)CC1. The molecule has 1 heterocycles. The quantitative estimate of drug-likeness (QED) is 0.885. The third-order valence-corrected chi connectivity index (χ3v) is 4.75. The van der Waals surface area contributed by atoms with E-state index in [2.05, 4.69) is 15.7 Å². The van der Waals surface area contributed by atoms with Crippen LogP contribution >= 0.6 is 0 Å². The van der Waals surface area contributed by atoms with E-state index in [1.807, 2.05) is 39.2 Å². The predicted molar refractivity (Wildman–Crippen MR) is 90.2 cm³/mol. The van der Waals surface area contributed by atoms with E-state index in [1.165, 1.54) is 6.07 Å². The summed E-state index contributed by atoms with van der Waals surface area (Å²) in [5.74, 6) is -0.198. The van der Waals surface area contributed by atoms with Gasteiger partial charge in [-0.2, -0.15) is 5.10 Å². The van der Waals surface area contributed by atoms with Crippen molar-refractivity contribution in [2.24, 2.45) is 7.05 Å². The number of hydrogen-bond donors (Lipinski definition) is 2. The van der Waals surface area contributed by atoms with Crippen LogP contribution in [0, 0.1) is 12.7 Å². The lowest BCUT2D eigenvalue weighted by atomic mass is 9.95. The maximum absolute atomic E-state index is 14.0. The predicted octanol–water partition coefficient (Wildman–Crippen LogP) is 2.96. The highest BCUT2D eigenvalue weighted by molar-refractivity contribution is 5.74. The highest BCUT2D eigenvalue weighted by atomic mass is 19.1. The third kappa shape index (κ3) is 3.27. The molecule has 1 aromatic carbocycles. The molecular weight excluding hydrogens is 307 g/mol. The minimum atomic E-state index is -0.254. The van der Waals surface area contributed by atoms with Crippen molar-refractivity contribution in [2.75, 3.05) is 6.54 Å². The third-order valence-electron chi connectivity index (χ3n) is 4.75. The number of nitrogens with zero attached hydrogens (tertiary/aromatic N) is 2. The van der Waals surface area contributed by atoms with Crippen molar-refractivity contribution in [3.8, 4) is 0 Å².